The Kier molecular flexibility index (Phi) is 8.44. The lowest BCUT2D eigenvalue weighted by Gasteiger charge is -2.27. The average Bonchev–Trinajstić information content (AvgIpc) is 3.40. The minimum Gasteiger partial charge on any atom is -0.379 e. The van der Waals surface area contributed by atoms with Crippen LogP contribution in [-0.4, -0.2) is 63.8 Å². The molecule has 2 aliphatic rings. The Bertz CT molecular complexity index is 574. The van der Waals surface area contributed by atoms with Crippen LogP contribution in [-0.2, 0) is 10.2 Å². The van der Waals surface area contributed by atoms with Gasteiger partial charge in [-0.25, -0.2) is 0 Å². The molecule has 0 aromatic heterocycles. The number of aliphatic imine (C=N–C) groups is 1. The highest BCUT2D eigenvalue weighted by molar-refractivity contribution is 14.0. The summed E-state index contributed by atoms with van der Waals surface area (Å²) in [6, 6.07) is 8.67. The Hall–Kier alpha value is -0.380. The van der Waals surface area contributed by atoms with Gasteiger partial charge in [-0.15, -0.1) is 24.0 Å². The van der Waals surface area contributed by atoms with Gasteiger partial charge in [0, 0.05) is 49.7 Å². The molecule has 5 nitrogen and oxygen atoms in total. The second-order valence-electron chi connectivity index (χ2n) is 6.60. The van der Waals surface area contributed by atoms with Crippen LogP contribution in [0.15, 0.2) is 33.7 Å². The molecule has 0 spiro atoms. The van der Waals surface area contributed by atoms with E-state index in [1.54, 1.807) is 0 Å². The lowest BCUT2D eigenvalue weighted by molar-refractivity contribution is 0.0389. The van der Waals surface area contributed by atoms with Crippen LogP contribution in [0.5, 0.6) is 0 Å². The maximum Gasteiger partial charge on any atom is 0.191 e. The smallest absolute Gasteiger partial charge is 0.191 e. The number of nitrogens with zero attached hydrogens (tertiary/aromatic N) is 2. The Balaban J connectivity index is 0.00000225. The number of rotatable bonds is 6. The number of ether oxygens (including phenoxy) is 1. The van der Waals surface area contributed by atoms with Crippen LogP contribution in [0.2, 0.25) is 0 Å². The molecule has 140 valence electrons. The van der Waals surface area contributed by atoms with Gasteiger partial charge < -0.3 is 15.4 Å². The number of guanidine groups is 1. The molecule has 1 saturated heterocycles. The quantitative estimate of drug-likeness (QED) is 0.342. The largest absolute Gasteiger partial charge is 0.379 e. The molecular formula is C18H28BrIN4O. The van der Waals surface area contributed by atoms with E-state index in [2.05, 4.69) is 60.7 Å². The van der Waals surface area contributed by atoms with Crippen molar-refractivity contribution in [2.24, 2.45) is 4.99 Å². The molecule has 0 unspecified atom stereocenters. The van der Waals surface area contributed by atoms with E-state index in [9.17, 15) is 0 Å². The molecule has 1 aliphatic heterocycles. The first kappa shape index (κ1) is 20.9. The zero-order valence-corrected chi connectivity index (χ0v) is 18.7. The van der Waals surface area contributed by atoms with Crippen molar-refractivity contribution in [3.8, 4) is 0 Å². The molecule has 0 bridgehead atoms. The van der Waals surface area contributed by atoms with E-state index in [1.165, 1.54) is 18.4 Å². The van der Waals surface area contributed by atoms with Gasteiger partial charge in [-0.2, -0.15) is 0 Å². The van der Waals surface area contributed by atoms with Gasteiger partial charge >= 0.3 is 0 Å². The first-order chi connectivity index (χ1) is 11.7. The molecule has 0 amide bonds. The van der Waals surface area contributed by atoms with Crippen molar-refractivity contribution in [3.05, 3.63) is 34.3 Å². The van der Waals surface area contributed by atoms with Crippen LogP contribution in [0.3, 0.4) is 0 Å². The van der Waals surface area contributed by atoms with Gasteiger partial charge in [-0.05, 0) is 30.5 Å². The highest BCUT2D eigenvalue weighted by Crippen LogP contribution is 2.48. The molecule has 2 fully saturated rings. The second-order valence-corrected chi connectivity index (χ2v) is 7.51. The Morgan fingerprint density at radius 3 is 2.68 bits per heavy atom. The van der Waals surface area contributed by atoms with Gasteiger partial charge in [0.15, 0.2) is 5.96 Å². The standard InChI is InChI=1S/C18H27BrN4O.HI/c1-20-17(21-7-8-23-9-11-24-12-10-23)22-14-18(5-6-18)15-3-2-4-16(19)13-15;/h2-4,13H,5-12,14H2,1H3,(H2,20,21,22);1H. The van der Waals surface area contributed by atoms with E-state index < -0.39 is 0 Å². The summed E-state index contributed by atoms with van der Waals surface area (Å²) in [6.07, 6.45) is 2.47. The first-order valence-corrected chi connectivity index (χ1v) is 9.52. The summed E-state index contributed by atoms with van der Waals surface area (Å²) in [5.41, 5.74) is 1.68. The summed E-state index contributed by atoms with van der Waals surface area (Å²) in [6.45, 7) is 6.62. The van der Waals surface area contributed by atoms with Crippen molar-refractivity contribution < 1.29 is 4.74 Å². The third kappa shape index (κ3) is 6.08. The Morgan fingerprint density at radius 1 is 1.28 bits per heavy atom. The number of halogens is 2. The van der Waals surface area contributed by atoms with Crippen LogP contribution in [0.25, 0.3) is 0 Å². The van der Waals surface area contributed by atoms with Crippen LogP contribution >= 0.6 is 39.9 Å². The minimum absolute atomic E-state index is 0. The fourth-order valence-corrected chi connectivity index (χ4v) is 3.57. The van der Waals surface area contributed by atoms with Gasteiger partial charge in [0.1, 0.15) is 0 Å². The molecule has 1 saturated carbocycles. The maximum atomic E-state index is 5.38. The lowest BCUT2D eigenvalue weighted by Crippen LogP contribution is -2.45. The van der Waals surface area contributed by atoms with Crippen molar-refractivity contribution in [2.75, 3.05) is 53.0 Å². The monoisotopic (exact) mass is 522 g/mol. The average molecular weight is 523 g/mol. The summed E-state index contributed by atoms with van der Waals surface area (Å²) in [5, 5.41) is 6.94. The van der Waals surface area contributed by atoms with Gasteiger partial charge in [-0.3, -0.25) is 9.89 Å². The minimum atomic E-state index is 0. The van der Waals surface area contributed by atoms with Crippen molar-refractivity contribution >= 4 is 45.9 Å². The molecule has 0 atom stereocenters. The van der Waals surface area contributed by atoms with Crippen molar-refractivity contribution in [3.63, 3.8) is 0 Å². The molecule has 7 heteroatoms. The summed E-state index contributed by atoms with van der Waals surface area (Å²) in [7, 11) is 1.84. The predicted molar refractivity (Wildman–Crippen MR) is 117 cm³/mol. The second kappa shape index (κ2) is 10.1. The number of morpholine rings is 1. The van der Waals surface area contributed by atoms with Crippen LogP contribution < -0.4 is 10.6 Å². The van der Waals surface area contributed by atoms with Gasteiger partial charge in [-0.1, -0.05) is 28.1 Å². The van der Waals surface area contributed by atoms with Crippen molar-refractivity contribution in [2.45, 2.75) is 18.3 Å². The predicted octanol–water partition coefficient (Wildman–Crippen LogP) is 2.60. The fraction of sp³-hybridized carbons (Fsp3) is 0.611. The topological polar surface area (TPSA) is 48.9 Å². The molecule has 1 aromatic rings. The van der Waals surface area contributed by atoms with Crippen LogP contribution in [0.1, 0.15) is 18.4 Å². The third-order valence-corrected chi connectivity index (χ3v) is 5.43. The van der Waals surface area contributed by atoms with E-state index in [1.807, 2.05) is 7.05 Å². The maximum absolute atomic E-state index is 5.38. The molecule has 0 radical (unpaired) electrons. The van der Waals surface area contributed by atoms with Crippen LogP contribution in [0.4, 0.5) is 0 Å². The van der Waals surface area contributed by atoms with E-state index in [4.69, 9.17) is 4.74 Å². The summed E-state index contributed by atoms with van der Waals surface area (Å²) in [5.74, 6) is 0.893. The number of benzene rings is 1. The van der Waals surface area contributed by atoms with E-state index in [-0.39, 0.29) is 29.4 Å². The highest BCUT2D eigenvalue weighted by atomic mass is 127. The third-order valence-electron chi connectivity index (χ3n) is 4.93. The summed E-state index contributed by atoms with van der Waals surface area (Å²) < 4.78 is 6.53. The zero-order valence-electron chi connectivity index (χ0n) is 14.8. The SMILES string of the molecule is CN=C(NCCN1CCOCC1)NCC1(c2cccc(Br)c2)CC1.I. The fourth-order valence-electron chi connectivity index (χ4n) is 3.17. The molecule has 1 aliphatic carbocycles. The Labute approximate surface area is 176 Å². The lowest BCUT2D eigenvalue weighted by atomic mass is 9.96. The van der Waals surface area contributed by atoms with E-state index in [0.29, 0.717) is 0 Å². The van der Waals surface area contributed by atoms with Crippen molar-refractivity contribution in [1.29, 1.82) is 0 Å². The zero-order chi connectivity index (χ0) is 16.8. The number of hydrogen-bond acceptors (Lipinski definition) is 3. The highest BCUT2D eigenvalue weighted by Gasteiger charge is 2.44. The van der Waals surface area contributed by atoms with Crippen LogP contribution in [0, 0.1) is 0 Å². The summed E-state index contributed by atoms with van der Waals surface area (Å²) >= 11 is 3.58. The first-order valence-electron chi connectivity index (χ1n) is 8.72. The number of nitrogens with one attached hydrogen (secondary N) is 2. The molecule has 25 heavy (non-hydrogen) atoms. The van der Waals surface area contributed by atoms with Gasteiger partial charge in [0.25, 0.3) is 0 Å². The normalized spacial score (nSPS) is 19.8. The van der Waals surface area contributed by atoms with E-state index in [0.717, 1.165) is 56.4 Å². The Morgan fingerprint density at radius 2 is 2.04 bits per heavy atom. The molecule has 1 aromatic carbocycles. The number of hydrogen-bond donors (Lipinski definition) is 2. The van der Waals surface area contributed by atoms with Gasteiger partial charge in [0.05, 0.1) is 13.2 Å². The molecule has 3 rings (SSSR count). The summed E-state index contributed by atoms with van der Waals surface area (Å²) in [4.78, 5) is 6.78. The molecule has 1 heterocycles. The van der Waals surface area contributed by atoms with Crippen molar-refractivity contribution in [1.82, 2.24) is 15.5 Å². The van der Waals surface area contributed by atoms with E-state index >= 15 is 0 Å². The molecular weight excluding hydrogens is 495 g/mol. The van der Waals surface area contributed by atoms with Gasteiger partial charge in [0.2, 0.25) is 0 Å². The molecule has 2 N–H and O–H groups in total.